The van der Waals surface area contributed by atoms with Crippen molar-refractivity contribution in [1.29, 1.82) is 0 Å². The van der Waals surface area contributed by atoms with Gasteiger partial charge in [-0.2, -0.15) is 5.10 Å². The van der Waals surface area contributed by atoms with E-state index in [2.05, 4.69) is 6.58 Å². The molecule has 0 radical (unpaired) electrons. The summed E-state index contributed by atoms with van der Waals surface area (Å²) in [4.78, 5) is 33.7. The van der Waals surface area contributed by atoms with Gasteiger partial charge in [0.15, 0.2) is 0 Å². The number of carbonyl (C=O) groups is 2. The predicted octanol–water partition coefficient (Wildman–Crippen LogP) is 6.21. The molecule has 7 rings (SSSR count). The Hall–Kier alpha value is -4.94. The third-order valence-corrected chi connectivity index (χ3v) is 9.45. The van der Waals surface area contributed by atoms with Gasteiger partial charge in [-0.25, -0.2) is 13.8 Å². The molecule has 12 heteroatoms. The summed E-state index contributed by atoms with van der Waals surface area (Å²) in [5, 5.41) is 17.5. The lowest BCUT2D eigenvalue weighted by Gasteiger charge is -2.31. The molecule has 2 atom stereocenters. The Balaban J connectivity index is 1.49. The summed E-state index contributed by atoms with van der Waals surface area (Å²) < 4.78 is 39.0. The molecule has 2 aliphatic heterocycles. The van der Waals surface area contributed by atoms with Crippen LogP contribution in [0.1, 0.15) is 41.5 Å². The lowest BCUT2D eigenvalue weighted by molar-refractivity contribution is -0.127. The van der Waals surface area contributed by atoms with Crippen LogP contribution >= 0.6 is 11.3 Å². The maximum Gasteiger partial charge on any atom is 0.254 e. The van der Waals surface area contributed by atoms with E-state index >= 15 is 4.39 Å². The SMILES string of the molecule is C=CC(=O)N1Cc2cc(-c3nc(-c4ccc5c(c4)CN(C)C5=O)c4ccsc4c3-c3c(F)cc(F)cc3OC[C@@H](C)O)nn2[C@@H](C)C1. The molecule has 0 unspecified atom stereocenters. The molecular formula is C35H31F2N5O4S. The van der Waals surface area contributed by atoms with Crippen LogP contribution in [0.5, 0.6) is 5.75 Å². The van der Waals surface area contributed by atoms with Crippen molar-refractivity contribution in [2.75, 3.05) is 20.2 Å². The second-order valence-electron chi connectivity index (χ2n) is 12.0. The van der Waals surface area contributed by atoms with Crippen molar-refractivity contribution >= 4 is 33.2 Å². The molecule has 47 heavy (non-hydrogen) atoms. The summed E-state index contributed by atoms with van der Waals surface area (Å²) in [5.41, 5.74) is 4.81. The Kier molecular flexibility index (Phi) is 7.64. The zero-order valence-electron chi connectivity index (χ0n) is 26.0. The smallest absolute Gasteiger partial charge is 0.254 e. The minimum Gasteiger partial charge on any atom is -0.490 e. The molecule has 2 aromatic carbocycles. The van der Waals surface area contributed by atoms with Crippen molar-refractivity contribution in [3.8, 4) is 39.5 Å². The van der Waals surface area contributed by atoms with Crippen LogP contribution in [0.3, 0.4) is 0 Å². The van der Waals surface area contributed by atoms with Crippen molar-refractivity contribution in [3.63, 3.8) is 0 Å². The molecule has 3 aromatic heterocycles. The number of halogens is 2. The van der Waals surface area contributed by atoms with Crippen LogP contribution < -0.4 is 4.74 Å². The van der Waals surface area contributed by atoms with Gasteiger partial charge < -0.3 is 19.6 Å². The second-order valence-corrected chi connectivity index (χ2v) is 13.0. The molecule has 240 valence electrons. The van der Waals surface area contributed by atoms with Crippen LogP contribution in [0.2, 0.25) is 0 Å². The van der Waals surface area contributed by atoms with E-state index < -0.39 is 17.7 Å². The van der Waals surface area contributed by atoms with Gasteiger partial charge in [0.1, 0.15) is 35.4 Å². The number of nitrogens with zero attached hydrogens (tertiary/aromatic N) is 5. The summed E-state index contributed by atoms with van der Waals surface area (Å²) >= 11 is 1.38. The Morgan fingerprint density at radius 3 is 2.74 bits per heavy atom. The minimum atomic E-state index is -0.885. The molecule has 0 bridgehead atoms. The molecule has 0 fully saturated rings. The molecule has 2 amide bonds. The third-order valence-electron chi connectivity index (χ3n) is 8.52. The largest absolute Gasteiger partial charge is 0.490 e. The number of ether oxygens (including phenoxy) is 1. The molecule has 5 aromatic rings. The highest BCUT2D eigenvalue weighted by Gasteiger charge is 2.31. The fourth-order valence-corrected chi connectivity index (χ4v) is 7.34. The Morgan fingerprint density at radius 2 is 1.98 bits per heavy atom. The molecule has 0 spiro atoms. The number of carbonyl (C=O) groups excluding carboxylic acids is 2. The first-order valence-corrected chi connectivity index (χ1v) is 16.0. The van der Waals surface area contributed by atoms with Crippen LogP contribution in [-0.4, -0.2) is 67.8 Å². The van der Waals surface area contributed by atoms with Crippen LogP contribution in [-0.2, 0) is 17.9 Å². The topological polar surface area (TPSA) is 101 Å². The second kappa shape index (κ2) is 11.7. The van der Waals surface area contributed by atoms with E-state index in [1.807, 2.05) is 41.3 Å². The quantitative estimate of drug-likeness (QED) is 0.210. The van der Waals surface area contributed by atoms with E-state index in [-0.39, 0.29) is 35.8 Å². The van der Waals surface area contributed by atoms with E-state index in [0.717, 1.165) is 34.3 Å². The van der Waals surface area contributed by atoms with E-state index in [0.29, 0.717) is 52.5 Å². The average Bonchev–Trinajstić information content (AvgIpc) is 3.76. The van der Waals surface area contributed by atoms with Gasteiger partial charge >= 0.3 is 0 Å². The van der Waals surface area contributed by atoms with Crippen LogP contribution in [0.25, 0.3) is 43.9 Å². The number of hydrogen-bond acceptors (Lipinski definition) is 7. The molecule has 0 saturated heterocycles. The highest BCUT2D eigenvalue weighted by atomic mass is 32.1. The molecule has 0 saturated carbocycles. The number of aliphatic hydroxyl groups is 1. The van der Waals surface area contributed by atoms with Gasteiger partial charge in [0.05, 0.1) is 35.6 Å². The number of aliphatic hydroxyl groups excluding tert-OH is 1. The fraction of sp³-hybridized carbons (Fsp3) is 0.257. The van der Waals surface area contributed by atoms with Crippen molar-refractivity contribution in [2.45, 2.75) is 39.1 Å². The van der Waals surface area contributed by atoms with E-state index in [1.54, 1.807) is 22.9 Å². The lowest BCUT2D eigenvalue weighted by atomic mass is 9.95. The summed E-state index contributed by atoms with van der Waals surface area (Å²) in [6.45, 7) is 8.11. The Labute approximate surface area is 273 Å². The van der Waals surface area contributed by atoms with Crippen LogP contribution in [0.15, 0.2) is 60.5 Å². The van der Waals surface area contributed by atoms with Gasteiger partial charge in [-0.05, 0) is 55.1 Å². The van der Waals surface area contributed by atoms with E-state index in [9.17, 15) is 19.1 Å². The standard InChI is InChI=1S/C35H31F2N5O4S/c1-5-29(44)41-14-18(2)42-23(16-41)13-27(39-42)33-31(30-26(37)11-22(36)12-28(30)46-17-19(3)43)34-25(8-9-47-34)32(38-33)20-6-7-24-21(10-20)15-40(4)35(24)45/h5-13,18-19,43H,1,14-17H2,2-4H3/t18-,19+/m0/s1. The summed E-state index contributed by atoms with van der Waals surface area (Å²) in [6.07, 6.45) is 0.397. The number of amides is 2. The zero-order valence-corrected chi connectivity index (χ0v) is 26.8. The Morgan fingerprint density at radius 1 is 1.17 bits per heavy atom. The van der Waals surface area contributed by atoms with Crippen molar-refractivity contribution in [1.82, 2.24) is 24.6 Å². The first-order chi connectivity index (χ1) is 22.5. The molecule has 0 aliphatic carbocycles. The van der Waals surface area contributed by atoms with Crippen molar-refractivity contribution < 1.29 is 28.2 Å². The zero-order chi connectivity index (χ0) is 33.1. The van der Waals surface area contributed by atoms with E-state index in [1.165, 1.54) is 24.3 Å². The normalized spacial score (nSPS) is 16.4. The van der Waals surface area contributed by atoms with Crippen LogP contribution in [0.4, 0.5) is 8.78 Å². The average molecular weight is 656 g/mol. The molecule has 5 heterocycles. The van der Waals surface area contributed by atoms with Crippen molar-refractivity contribution in [3.05, 3.63) is 89.0 Å². The number of pyridine rings is 1. The number of rotatable bonds is 7. The monoisotopic (exact) mass is 655 g/mol. The maximum absolute atomic E-state index is 16.0. The number of fused-ring (bicyclic) bond motifs is 3. The number of benzene rings is 2. The van der Waals surface area contributed by atoms with Gasteiger partial charge in [0.25, 0.3) is 5.91 Å². The Bertz CT molecular complexity index is 2110. The number of aromatic nitrogens is 3. The maximum atomic E-state index is 16.0. The first kappa shape index (κ1) is 30.7. The minimum absolute atomic E-state index is 0.00259. The third kappa shape index (κ3) is 5.27. The molecule has 1 N–H and O–H groups in total. The molecular weight excluding hydrogens is 624 g/mol. The fourth-order valence-electron chi connectivity index (χ4n) is 6.39. The predicted molar refractivity (Wildman–Crippen MR) is 175 cm³/mol. The lowest BCUT2D eigenvalue weighted by Crippen LogP contribution is -2.39. The van der Waals surface area contributed by atoms with Gasteiger partial charge in [-0.3, -0.25) is 14.3 Å². The summed E-state index contributed by atoms with van der Waals surface area (Å²) in [6, 6.07) is 11.1. The number of hydrogen-bond donors (Lipinski definition) is 1. The first-order valence-electron chi connectivity index (χ1n) is 15.1. The molecule has 9 nitrogen and oxygen atoms in total. The van der Waals surface area contributed by atoms with Crippen molar-refractivity contribution in [2.24, 2.45) is 0 Å². The van der Waals surface area contributed by atoms with Gasteiger partial charge in [-0.15, -0.1) is 11.3 Å². The van der Waals surface area contributed by atoms with Gasteiger partial charge in [0, 0.05) is 59.0 Å². The highest BCUT2D eigenvalue weighted by molar-refractivity contribution is 7.18. The van der Waals surface area contributed by atoms with Crippen LogP contribution in [0, 0.1) is 11.6 Å². The summed E-state index contributed by atoms with van der Waals surface area (Å²) in [5.74, 6) is -1.99. The molecule has 2 aliphatic rings. The summed E-state index contributed by atoms with van der Waals surface area (Å²) in [7, 11) is 1.75. The van der Waals surface area contributed by atoms with Gasteiger partial charge in [-0.1, -0.05) is 12.6 Å². The highest BCUT2D eigenvalue weighted by Crippen LogP contribution is 2.47. The van der Waals surface area contributed by atoms with E-state index in [4.69, 9.17) is 14.8 Å². The number of thiophene rings is 1. The van der Waals surface area contributed by atoms with Gasteiger partial charge in [0.2, 0.25) is 5.91 Å².